The van der Waals surface area contributed by atoms with Crippen LogP contribution in [0.25, 0.3) is 0 Å². The quantitative estimate of drug-likeness (QED) is 0.703. The van der Waals surface area contributed by atoms with Gasteiger partial charge in [-0.25, -0.2) is 0 Å². The number of piperidine rings is 1. The SMILES string of the molecule is CC(C)[C@H]1CN(C(c2ccc(Cl)cc2)c2ccccn2)CCN1C(=O)CC1CCNCC1. The number of halogens is 1. The average molecular weight is 455 g/mol. The van der Waals surface area contributed by atoms with Gasteiger partial charge < -0.3 is 10.2 Å². The van der Waals surface area contributed by atoms with E-state index in [0.717, 1.165) is 56.3 Å². The van der Waals surface area contributed by atoms with Gasteiger partial charge in [0.15, 0.2) is 0 Å². The number of carbonyl (C=O) groups is 1. The fraction of sp³-hybridized carbons (Fsp3) is 0.538. The predicted molar refractivity (Wildman–Crippen MR) is 130 cm³/mol. The first-order valence-corrected chi connectivity index (χ1v) is 12.3. The van der Waals surface area contributed by atoms with Crippen LogP contribution in [0.2, 0.25) is 5.02 Å². The van der Waals surface area contributed by atoms with E-state index >= 15 is 0 Å². The highest BCUT2D eigenvalue weighted by Crippen LogP contribution is 2.32. The topological polar surface area (TPSA) is 48.5 Å². The monoisotopic (exact) mass is 454 g/mol. The van der Waals surface area contributed by atoms with Crippen molar-refractivity contribution in [3.63, 3.8) is 0 Å². The standard InChI is InChI=1S/C26H35ClN4O/c1-19(2)24-18-30(15-16-31(24)25(32)17-20-10-13-28-14-11-20)26(23-5-3-4-12-29-23)21-6-8-22(27)9-7-21/h3-9,12,19-20,24,26,28H,10-11,13-18H2,1-2H3/t24-,26?/m1/s1. The van der Waals surface area contributed by atoms with E-state index in [4.69, 9.17) is 16.6 Å². The minimum absolute atomic E-state index is 0.0522. The van der Waals surface area contributed by atoms with Gasteiger partial charge in [0.25, 0.3) is 0 Å². The molecule has 1 aromatic carbocycles. The van der Waals surface area contributed by atoms with Gasteiger partial charge in [0, 0.05) is 43.3 Å². The molecule has 2 aromatic rings. The highest BCUT2D eigenvalue weighted by molar-refractivity contribution is 6.30. The smallest absolute Gasteiger partial charge is 0.223 e. The third-order valence-electron chi connectivity index (χ3n) is 6.98. The van der Waals surface area contributed by atoms with Gasteiger partial charge in [-0.3, -0.25) is 14.7 Å². The molecule has 0 saturated carbocycles. The van der Waals surface area contributed by atoms with Gasteiger partial charge in [-0.05, 0) is 67.6 Å². The van der Waals surface area contributed by atoms with Gasteiger partial charge in [-0.2, -0.15) is 0 Å². The van der Waals surface area contributed by atoms with E-state index in [-0.39, 0.29) is 12.1 Å². The molecule has 2 aliphatic rings. The Balaban J connectivity index is 1.54. The zero-order valence-electron chi connectivity index (χ0n) is 19.2. The summed E-state index contributed by atoms with van der Waals surface area (Å²) in [6.07, 6.45) is 4.76. The van der Waals surface area contributed by atoms with E-state index in [2.05, 4.69) is 47.2 Å². The molecule has 0 bridgehead atoms. The maximum atomic E-state index is 13.3. The van der Waals surface area contributed by atoms with Crippen molar-refractivity contribution in [3.8, 4) is 0 Å². The van der Waals surface area contributed by atoms with Crippen molar-refractivity contribution in [1.29, 1.82) is 0 Å². The number of rotatable bonds is 6. The van der Waals surface area contributed by atoms with E-state index in [1.54, 1.807) is 0 Å². The Kier molecular flexibility index (Phi) is 7.82. The second-order valence-corrected chi connectivity index (χ2v) is 9.94. The van der Waals surface area contributed by atoms with Crippen LogP contribution in [-0.2, 0) is 4.79 Å². The Labute approximate surface area is 197 Å². The molecule has 3 heterocycles. The lowest BCUT2D eigenvalue weighted by Crippen LogP contribution is -2.58. The summed E-state index contributed by atoms with van der Waals surface area (Å²) in [7, 11) is 0. The lowest BCUT2D eigenvalue weighted by atomic mass is 9.91. The number of benzene rings is 1. The minimum Gasteiger partial charge on any atom is -0.337 e. The summed E-state index contributed by atoms with van der Waals surface area (Å²) in [5, 5.41) is 4.14. The maximum absolute atomic E-state index is 13.3. The first-order valence-electron chi connectivity index (χ1n) is 11.9. The number of amides is 1. The zero-order valence-corrected chi connectivity index (χ0v) is 20.0. The van der Waals surface area contributed by atoms with Crippen LogP contribution in [0.5, 0.6) is 0 Å². The molecule has 1 amide bonds. The van der Waals surface area contributed by atoms with Crippen LogP contribution in [0.4, 0.5) is 0 Å². The first-order chi connectivity index (χ1) is 15.5. The van der Waals surface area contributed by atoms with Gasteiger partial charge in [0.1, 0.15) is 0 Å². The molecule has 5 nitrogen and oxygen atoms in total. The van der Waals surface area contributed by atoms with Gasteiger partial charge in [0.05, 0.1) is 11.7 Å². The number of nitrogens with zero attached hydrogens (tertiary/aromatic N) is 3. The third kappa shape index (κ3) is 5.51. The van der Waals surface area contributed by atoms with Crippen molar-refractivity contribution in [2.45, 2.75) is 45.2 Å². The van der Waals surface area contributed by atoms with Gasteiger partial charge in [-0.1, -0.05) is 43.6 Å². The zero-order chi connectivity index (χ0) is 22.5. The number of piperazine rings is 1. The largest absolute Gasteiger partial charge is 0.337 e. The number of pyridine rings is 1. The molecule has 2 aliphatic heterocycles. The molecule has 2 atom stereocenters. The number of hydrogen-bond acceptors (Lipinski definition) is 4. The molecule has 1 unspecified atom stereocenters. The molecule has 0 spiro atoms. The van der Waals surface area contributed by atoms with Gasteiger partial charge in [-0.15, -0.1) is 0 Å². The third-order valence-corrected chi connectivity index (χ3v) is 7.23. The van der Waals surface area contributed by atoms with E-state index in [0.29, 0.717) is 24.2 Å². The van der Waals surface area contributed by atoms with Crippen molar-refractivity contribution >= 4 is 17.5 Å². The highest BCUT2D eigenvalue weighted by Gasteiger charge is 2.36. The molecule has 0 aliphatic carbocycles. The molecule has 2 saturated heterocycles. The Morgan fingerprint density at radius 2 is 1.88 bits per heavy atom. The first kappa shape index (κ1) is 23.2. The number of nitrogens with one attached hydrogen (secondary N) is 1. The summed E-state index contributed by atoms with van der Waals surface area (Å²) in [5.74, 6) is 1.24. The molecule has 32 heavy (non-hydrogen) atoms. The molecule has 172 valence electrons. The Morgan fingerprint density at radius 1 is 1.12 bits per heavy atom. The molecular weight excluding hydrogens is 420 g/mol. The summed E-state index contributed by atoms with van der Waals surface area (Å²) in [6.45, 7) is 8.99. The van der Waals surface area contributed by atoms with Crippen molar-refractivity contribution in [3.05, 3.63) is 64.9 Å². The van der Waals surface area contributed by atoms with Crippen LogP contribution in [0.1, 0.15) is 50.4 Å². The molecule has 0 radical (unpaired) electrons. The fourth-order valence-corrected chi connectivity index (χ4v) is 5.27. The fourth-order valence-electron chi connectivity index (χ4n) is 5.15. The molecule has 6 heteroatoms. The van der Waals surface area contributed by atoms with E-state index < -0.39 is 0 Å². The Morgan fingerprint density at radius 3 is 2.53 bits per heavy atom. The molecule has 1 N–H and O–H groups in total. The van der Waals surface area contributed by atoms with Crippen LogP contribution in [0, 0.1) is 11.8 Å². The van der Waals surface area contributed by atoms with Gasteiger partial charge >= 0.3 is 0 Å². The normalized spacial score (nSPS) is 21.6. The van der Waals surface area contributed by atoms with Crippen LogP contribution >= 0.6 is 11.6 Å². The highest BCUT2D eigenvalue weighted by atomic mass is 35.5. The Bertz CT molecular complexity index is 867. The summed E-state index contributed by atoms with van der Waals surface area (Å²) in [6, 6.07) is 14.4. The Hall–Kier alpha value is -1.95. The summed E-state index contributed by atoms with van der Waals surface area (Å²) >= 11 is 6.17. The van der Waals surface area contributed by atoms with E-state index in [1.807, 2.05) is 30.5 Å². The predicted octanol–water partition coefficient (Wildman–Crippen LogP) is 4.38. The molecule has 2 fully saturated rings. The summed E-state index contributed by atoms with van der Waals surface area (Å²) in [4.78, 5) is 22.6. The lowest BCUT2D eigenvalue weighted by molar-refractivity contribution is -0.139. The van der Waals surface area contributed by atoms with Crippen LogP contribution in [-0.4, -0.2) is 59.5 Å². The summed E-state index contributed by atoms with van der Waals surface area (Å²) < 4.78 is 0. The minimum atomic E-state index is 0.0522. The van der Waals surface area contributed by atoms with Crippen molar-refractivity contribution in [2.24, 2.45) is 11.8 Å². The number of hydrogen-bond donors (Lipinski definition) is 1. The molecule has 1 aromatic heterocycles. The van der Waals surface area contributed by atoms with Crippen LogP contribution in [0.3, 0.4) is 0 Å². The molecule has 4 rings (SSSR count). The van der Waals surface area contributed by atoms with E-state index in [1.165, 1.54) is 5.56 Å². The van der Waals surface area contributed by atoms with Crippen LogP contribution < -0.4 is 5.32 Å². The summed E-state index contributed by atoms with van der Waals surface area (Å²) in [5.41, 5.74) is 2.22. The second-order valence-electron chi connectivity index (χ2n) is 9.50. The molecular formula is C26H35ClN4O. The lowest BCUT2D eigenvalue weighted by Gasteiger charge is -2.46. The van der Waals surface area contributed by atoms with E-state index in [9.17, 15) is 4.79 Å². The maximum Gasteiger partial charge on any atom is 0.223 e. The van der Waals surface area contributed by atoms with Gasteiger partial charge in [0.2, 0.25) is 5.91 Å². The van der Waals surface area contributed by atoms with Crippen LogP contribution in [0.15, 0.2) is 48.7 Å². The van der Waals surface area contributed by atoms with Crippen molar-refractivity contribution < 1.29 is 4.79 Å². The number of aromatic nitrogens is 1. The van der Waals surface area contributed by atoms with Crippen molar-refractivity contribution in [1.82, 2.24) is 20.1 Å². The second kappa shape index (κ2) is 10.8. The average Bonchev–Trinajstić information content (AvgIpc) is 2.82. The number of carbonyl (C=O) groups excluding carboxylic acids is 1. The van der Waals surface area contributed by atoms with Crippen molar-refractivity contribution in [2.75, 3.05) is 32.7 Å².